The quantitative estimate of drug-likeness (QED) is 0.847. The van der Waals surface area contributed by atoms with E-state index in [-0.39, 0.29) is 17.7 Å². The van der Waals surface area contributed by atoms with E-state index in [9.17, 15) is 9.90 Å². The zero-order valence-corrected chi connectivity index (χ0v) is 11.2. The Balaban J connectivity index is 1.75. The first-order valence-electron chi connectivity index (χ1n) is 6.90. The van der Waals surface area contributed by atoms with E-state index in [2.05, 4.69) is 0 Å². The molecule has 19 heavy (non-hydrogen) atoms. The summed E-state index contributed by atoms with van der Waals surface area (Å²) in [6.45, 7) is 3.24. The molecule has 0 bridgehead atoms. The monoisotopic (exact) mass is 260 g/mol. The SMILES string of the molecule is Cc1cc(C(=O)N2C[C@H](C3CC3)[C@@H](N)C2)ccc1O. The number of aromatic hydroxyl groups is 1. The Labute approximate surface area is 113 Å². The smallest absolute Gasteiger partial charge is 0.253 e. The van der Waals surface area contributed by atoms with Gasteiger partial charge in [-0.3, -0.25) is 4.79 Å². The molecule has 1 heterocycles. The van der Waals surface area contributed by atoms with Crippen LogP contribution in [-0.4, -0.2) is 35.0 Å². The number of aryl methyl sites for hydroxylation is 1. The van der Waals surface area contributed by atoms with E-state index < -0.39 is 0 Å². The number of phenols is 1. The first-order valence-corrected chi connectivity index (χ1v) is 6.90. The minimum Gasteiger partial charge on any atom is -0.508 e. The molecule has 1 saturated heterocycles. The van der Waals surface area contributed by atoms with Crippen molar-refractivity contribution in [3.8, 4) is 5.75 Å². The van der Waals surface area contributed by atoms with Crippen molar-refractivity contribution in [1.29, 1.82) is 0 Å². The number of hydrogen-bond donors (Lipinski definition) is 2. The van der Waals surface area contributed by atoms with E-state index >= 15 is 0 Å². The van der Waals surface area contributed by atoms with Gasteiger partial charge < -0.3 is 15.7 Å². The van der Waals surface area contributed by atoms with Gasteiger partial charge >= 0.3 is 0 Å². The summed E-state index contributed by atoms with van der Waals surface area (Å²) in [5.74, 6) is 1.46. The molecule has 1 aromatic rings. The summed E-state index contributed by atoms with van der Waals surface area (Å²) in [5.41, 5.74) is 7.51. The molecule has 0 spiro atoms. The largest absolute Gasteiger partial charge is 0.508 e. The number of amides is 1. The van der Waals surface area contributed by atoms with Crippen molar-refractivity contribution in [2.45, 2.75) is 25.8 Å². The number of rotatable bonds is 2. The summed E-state index contributed by atoms with van der Waals surface area (Å²) in [6, 6.07) is 5.13. The molecule has 1 amide bonds. The molecular formula is C15H20N2O2. The summed E-state index contributed by atoms with van der Waals surface area (Å²) in [5, 5.41) is 9.51. The molecule has 2 aliphatic rings. The zero-order valence-electron chi connectivity index (χ0n) is 11.2. The molecule has 102 valence electrons. The number of carbonyl (C=O) groups excluding carboxylic acids is 1. The molecular weight excluding hydrogens is 240 g/mol. The maximum Gasteiger partial charge on any atom is 0.253 e. The van der Waals surface area contributed by atoms with E-state index in [1.165, 1.54) is 12.8 Å². The predicted octanol–water partition coefficient (Wildman–Crippen LogP) is 1.51. The topological polar surface area (TPSA) is 66.6 Å². The van der Waals surface area contributed by atoms with Crippen LogP contribution in [0.2, 0.25) is 0 Å². The van der Waals surface area contributed by atoms with Gasteiger partial charge in [-0.05, 0) is 55.4 Å². The number of nitrogens with two attached hydrogens (primary N) is 1. The first-order chi connectivity index (χ1) is 9.06. The molecule has 0 radical (unpaired) electrons. The number of carbonyl (C=O) groups is 1. The van der Waals surface area contributed by atoms with E-state index in [1.54, 1.807) is 25.1 Å². The second kappa shape index (κ2) is 4.53. The van der Waals surface area contributed by atoms with Crippen molar-refractivity contribution in [3.63, 3.8) is 0 Å². The normalized spacial score (nSPS) is 26.7. The number of hydrogen-bond acceptors (Lipinski definition) is 3. The van der Waals surface area contributed by atoms with Gasteiger partial charge in [-0.25, -0.2) is 0 Å². The van der Waals surface area contributed by atoms with E-state index in [1.807, 2.05) is 4.90 Å². The van der Waals surface area contributed by atoms with Gasteiger partial charge in [-0.15, -0.1) is 0 Å². The van der Waals surface area contributed by atoms with Crippen molar-refractivity contribution in [2.75, 3.05) is 13.1 Å². The average Bonchev–Trinajstić information content (AvgIpc) is 3.15. The lowest BCUT2D eigenvalue weighted by Crippen LogP contribution is -2.32. The maximum absolute atomic E-state index is 12.4. The van der Waals surface area contributed by atoms with Crippen molar-refractivity contribution < 1.29 is 9.90 Å². The lowest BCUT2D eigenvalue weighted by atomic mass is 9.99. The highest BCUT2D eigenvalue weighted by Gasteiger charge is 2.42. The van der Waals surface area contributed by atoms with Crippen LogP contribution in [0.25, 0.3) is 0 Å². The highest BCUT2D eigenvalue weighted by molar-refractivity contribution is 5.94. The number of benzene rings is 1. The van der Waals surface area contributed by atoms with Crippen LogP contribution >= 0.6 is 0 Å². The summed E-state index contributed by atoms with van der Waals surface area (Å²) in [4.78, 5) is 14.3. The van der Waals surface area contributed by atoms with Crippen LogP contribution in [0.4, 0.5) is 0 Å². The Morgan fingerprint density at radius 2 is 2.11 bits per heavy atom. The van der Waals surface area contributed by atoms with Crippen LogP contribution in [0.15, 0.2) is 18.2 Å². The van der Waals surface area contributed by atoms with E-state index in [0.29, 0.717) is 18.0 Å². The zero-order chi connectivity index (χ0) is 13.6. The van der Waals surface area contributed by atoms with Crippen molar-refractivity contribution in [1.82, 2.24) is 4.90 Å². The molecule has 2 atom stereocenters. The van der Waals surface area contributed by atoms with Crippen LogP contribution < -0.4 is 5.73 Å². The molecule has 2 fully saturated rings. The Morgan fingerprint density at radius 1 is 1.37 bits per heavy atom. The van der Waals surface area contributed by atoms with Gasteiger partial charge in [0.2, 0.25) is 0 Å². The van der Waals surface area contributed by atoms with Crippen LogP contribution in [0.3, 0.4) is 0 Å². The highest BCUT2D eigenvalue weighted by atomic mass is 16.3. The van der Waals surface area contributed by atoms with Crippen molar-refractivity contribution >= 4 is 5.91 Å². The summed E-state index contributed by atoms with van der Waals surface area (Å²) < 4.78 is 0. The molecule has 1 aromatic carbocycles. The molecule has 1 aliphatic heterocycles. The predicted molar refractivity (Wildman–Crippen MR) is 72.9 cm³/mol. The fraction of sp³-hybridized carbons (Fsp3) is 0.533. The molecule has 0 unspecified atom stereocenters. The van der Waals surface area contributed by atoms with E-state index in [4.69, 9.17) is 5.73 Å². The Kier molecular flexibility index (Phi) is 2.97. The third-order valence-corrected chi connectivity index (χ3v) is 4.37. The molecule has 3 N–H and O–H groups in total. The minimum atomic E-state index is 0.0294. The second-order valence-electron chi connectivity index (χ2n) is 5.88. The van der Waals surface area contributed by atoms with E-state index in [0.717, 1.165) is 18.0 Å². The molecule has 3 rings (SSSR count). The van der Waals surface area contributed by atoms with Crippen LogP contribution in [-0.2, 0) is 0 Å². The van der Waals surface area contributed by atoms with Gasteiger partial charge in [0.25, 0.3) is 5.91 Å². The Morgan fingerprint density at radius 3 is 2.74 bits per heavy atom. The van der Waals surface area contributed by atoms with Gasteiger partial charge in [-0.2, -0.15) is 0 Å². The van der Waals surface area contributed by atoms with Crippen molar-refractivity contribution in [2.24, 2.45) is 17.6 Å². The fourth-order valence-electron chi connectivity index (χ4n) is 3.01. The molecule has 1 saturated carbocycles. The number of nitrogens with zero attached hydrogens (tertiary/aromatic N) is 1. The summed E-state index contributed by atoms with van der Waals surface area (Å²) in [7, 11) is 0. The van der Waals surface area contributed by atoms with Crippen LogP contribution in [0, 0.1) is 18.8 Å². The lowest BCUT2D eigenvalue weighted by molar-refractivity contribution is 0.0784. The van der Waals surface area contributed by atoms with Gasteiger partial charge in [-0.1, -0.05) is 0 Å². The number of phenolic OH excluding ortho intramolecular Hbond substituents is 1. The Hall–Kier alpha value is -1.55. The summed E-state index contributed by atoms with van der Waals surface area (Å²) in [6.07, 6.45) is 2.53. The average molecular weight is 260 g/mol. The number of likely N-dealkylation sites (tertiary alicyclic amines) is 1. The third-order valence-electron chi connectivity index (χ3n) is 4.37. The van der Waals surface area contributed by atoms with Crippen molar-refractivity contribution in [3.05, 3.63) is 29.3 Å². The van der Waals surface area contributed by atoms with Gasteiger partial charge in [0.15, 0.2) is 0 Å². The minimum absolute atomic E-state index is 0.0294. The van der Waals surface area contributed by atoms with Crippen LogP contribution in [0.1, 0.15) is 28.8 Å². The van der Waals surface area contributed by atoms with Crippen LogP contribution in [0.5, 0.6) is 5.75 Å². The lowest BCUT2D eigenvalue weighted by Gasteiger charge is -2.16. The van der Waals surface area contributed by atoms with Gasteiger partial charge in [0, 0.05) is 24.7 Å². The first kappa shape index (κ1) is 12.5. The molecule has 4 heteroatoms. The Bertz CT molecular complexity index is 511. The molecule has 1 aliphatic carbocycles. The standard InChI is InChI=1S/C15H20N2O2/c1-9-6-11(4-5-14(9)18)15(19)17-7-12(10-2-3-10)13(16)8-17/h4-6,10,12-13,18H,2-3,7-8,16H2,1H3/t12-,13+/m1/s1. The maximum atomic E-state index is 12.4. The third kappa shape index (κ3) is 2.32. The van der Waals surface area contributed by atoms with Gasteiger partial charge in [0.1, 0.15) is 5.75 Å². The summed E-state index contributed by atoms with van der Waals surface area (Å²) >= 11 is 0. The second-order valence-corrected chi connectivity index (χ2v) is 5.88. The fourth-order valence-corrected chi connectivity index (χ4v) is 3.01. The highest BCUT2D eigenvalue weighted by Crippen LogP contribution is 2.41. The molecule has 0 aromatic heterocycles. The van der Waals surface area contributed by atoms with Gasteiger partial charge in [0.05, 0.1) is 0 Å². The molecule has 4 nitrogen and oxygen atoms in total.